The summed E-state index contributed by atoms with van der Waals surface area (Å²) in [5, 5.41) is 1.03. The molecule has 1 amide bonds. The number of carbonyl (C=O) groups excluding carboxylic acids is 1. The molecule has 1 aliphatic heterocycles. The minimum Gasteiger partial charge on any atom is -0.378 e. The topological polar surface area (TPSA) is 47.4 Å². The summed E-state index contributed by atoms with van der Waals surface area (Å²) in [5.41, 5.74) is 5.44. The molecule has 1 aliphatic carbocycles. The molecule has 2 aromatic heterocycles. The van der Waals surface area contributed by atoms with E-state index in [1.807, 2.05) is 29.3 Å². The van der Waals surface area contributed by atoms with Gasteiger partial charge in [-0.05, 0) is 61.3 Å². The number of hydrogen-bond donors (Lipinski definition) is 0. The second kappa shape index (κ2) is 10.3. The fourth-order valence-corrected chi connectivity index (χ4v) is 5.92. The molecule has 184 valence electrons. The smallest absolute Gasteiger partial charge is 0.256 e. The maximum absolute atomic E-state index is 13.5. The van der Waals surface area contributed by atoms with Crippen LogP contribution in [0.5, 0.6) is 0 Å². The van der Waals surface area contributed by atoms with Crippen molar-refractivity contribution in [2.45, 2.75) is 38.1 Å². The van der Waals surface area contributed by atoms with Crippen LogP contribution in [0.3, 0.4) is 0 Å². The van der Waals surface area contributed by atoms with E-state index in [0.29, 0.717) is 38.1 Å². The van der Waals surface area contributed by atoms with Gasteiger partial charge in [0.05, 0.1) is 24.5 Å². The van der Waals surface area contributed by atoms with Gasteiger partial charge < -0.3 is 14.2 Å². The molecule has 0 bridgehead atoms. The highest BCUT2D eigenvalue weighted by molar-refractivity contribution is 6.07. The lowest BCUT2D eigenvalue weighted by molar-refractivity contribution is 0.0304. The molecule has 0 atom stereocenters. The third-order valence-electron chi connectivity index (χ3n) is 7.94. The predicted molar refractivity (Wildman–Crippen MR) is 143 cm³/mol. The highest BCUT2D eigenvalue weighted by Gasteiger charge is 2.26. The standard InChI is InChI=1S/C31H33N3O2/c35-31(33-16-18-36-19-17-33)28-22-34(21-23-9-11-25(12-10-23)24-6-2-1-3-7-24)30-20-26(13-14-27(28)30)29-8-4-5-15-32-29/h1-8,13-15,20,22-23,25H,9-12,16-19,21H2. The summed E-state index contributed by atoms with van der Waals surface area (Å²) in [6, 6.07) is 23.4. The fourth-order valence-electron chi connectivity index (χ4n) is 5.92. The van der Waals surface area contributed by atoms with Gasteiger partial charge >= 0.3 is 0 Å². The molecule has 36 heavy (non-hydrogen) atoms. The Morgan fingerprint density at radius 2 is 1.69 bits per heavy atom. The van der Waals surface area contributed by atoms with Crippen LogP contribution in [0, 0.1) is 5.92 Å². The first kappa shape index (κ1) is 23.0. The van der Waals surface area contributed by atoms with E-state index >= 15 is 0 Å². The first-order chi connectivity index (χ1) is 17.8. The summed E-state index contributed by atoms with van der Waals surface area (Å²) in [5.74, 6) is 1.39. The van der Waals surface area contributed by atoms with Crippen molar-refractivity contribution >= 4 is 16.8 Å². The largest absolute Gasteiger partial charge is 0.378 e. The molecule has 0 spiro atoms. The van der Waals surface area contributed by atoms with E-state index in [2.05, 4.69) is 64.3 Å². The van der Waals surface area contributed by atoms with Crippen molar-refractivity contribution in [3.63, 3.8) is 0 Å². The lowest BCUT2D eigenvalue weighted by Crippen LogP contribution is -2.40. The van der Waals surface area contributed by atoms with Crippen LogP contribution in [0.2, 0.25) is 0 Å². The van der Waals surface area contributed by atoms with Crippen LogP contribution in [0.1, 0.15) is 47.5 Å². The van der Waals surface area contributed by atoms with Crippen LogP contribution < -0.4 is 0 Å². The SMILES string of the molecule is O=C(c1cn(CC2CCC(c3ccccc3)CC2)c2cc(-c3ccccn3)ccc12)N1CCOCC1. The normalized spacial score (nSPS) is 20.5. The van der Waals surface area contributed by atoms with Crippen molar-refractivity contribution in [3.05, 3.63) is 90.3 Å². The van der Waals surface area contributed by atoms with E-state index in [-0.39, 0.29) is 5.91 Å². The molecule has 3 heterocycles. The van der Waals surface area contributed by atoms with Crippen LogP contribution in [0.25, 0.3) is 22.2 Å². The van der Waals surface area contributed by atoms with Crippen molar-refractivity contribution < 1.29 is 9.53 Å². The average Bonchev–Trinajstić information content (AvgIpc) is 3.32. The minimum absolute atomic E-state index is 0.112. The first-order valence-electron chi connectivity index (χ1n) is 13.2. The van der Waals surface area contributed by atoms with Crippen LogP contribution in [-0.2, 0) is 11.3 Å². The Bertz CT molecular complexity index is 1320. The maximum Gasteiger partial charge on any atom is 0.256 e. The quantitative estimate of drug-likeness (QED) is 0.345. The van der Waals surface area contributed by atoms with Crippen molar-refractivity contribution in [2.24, 2.45) is 5.92 Å². The summed E-state index contributed by atoms with van der Waals surface area (Å²) in [6.45, 7) is 3.47. The van der Waals surface area contributed by atoms with Gasteiger partial charge in [0.1, 0.15) is 0 Å². The molecule has 0 radical (unpaired) electrons. The Morgan fingerprint density at radius 3 is 2.44 bits per heavy atom. The van der Waals surface area contributed by atoms with E-state index in [1.54, 1.807) is 0 Å². The Balaban J connectivity index is 1.29. The first-order valence-corrected chi connectivity index (χ1v) is 13.2. The van der Waals surface area contributed by atoms with Crippen LogP contribution in [-0.4, -0.2) is 46.7 Å². The Morgan fingerprint density at radius 1 is 0.917 bits per heavy atom. The van der Waals surface area contributed by atoms with Gasteiger partial charge in [-0.25, -0.2) is 0 Å². The molecule has 2 aliphatic rings. The number of benzene rings is 2. The van der Waals surface area contributed by atoms with Crippen molar-refractivity contribution in [3.8, 4) is 11.3 Å². The molecule has 6 rings (SSSR count). The zero-order valence-electron chi connectivity index (χ0n) is 20.7. The highest BCUT2D eigenvalue weighted by Crippen LogP contribution is 2.37. The molecule has 1 saturated carbocycles. The fraction of sp³-hybridized carbons (Fsp3) is 0.355. The number of hydrogen-bond acceptors (Lipinski definition) is 3. The lowest BCUT2D eigenvalue weighted by Gasteiger charge is -2.29. The van der Waals surface area contributed by atoms with Gasteiger partial charge in [-0.1, -0.05) is 48.5 Å². The summed E-state index contributed by atoms with van der Waals surface area (Å²) in [4.78, 5) is 20.0. The second-order valence-corrected chi connectivity index (χ2v) is 10.2. The summed E-state index contributed by atoms with van der Waals surface area (Å²) in [6.07, 6.45) is 8.82. The Kier molecular flexibility index (Phi) is 6.56. The number of morpholine rings is 1. The summed E-state index contributed by atoms with van der Waals surface area (Å²) in [7, 11) is 0. The van der Waals surface area contributed by atoms with Crippen molar-refractivity contribution in [1.82, 2.24) is 14.5 Å². The van der Waals surface area contributed by atoms with E-state index in [1.165, 1.54) is 31.2 Å². The van der Waals surface area contributed by atoms with Gasteiger partial charge in [-0.3, -0.25) is 9.78 Å². The van der Waals surface area contributed by atoms with Gasteiger partial charge in [0.2, 0.25) is 0 Å². The number of pyridine rings is 1. The van der Waals surface area contributed by atoms with Gasteiger partial charge in [-0.2, -0.15) is 0 Å². The van der Waals surface area contributed by atoms with Gasteiger partial charge in [0.25, 0.3) is 5.91 Å². The van der Waals surface area contributed by atoms with Crippen LogP contribution >= 0.6 is 0 Å². The number of aromatic nitrogens is 2. The van der Waals surface area contributed by atoms with E-state index in [9.17, 15) is 4.79 Å². The van der Waals surface area contributed by atoms with Crippen molar-refractivity contribution in [2.75, 3.05) is 26.3 Å². The molecule has 1 saturated heterocycles. The average molecular weight is 480 g/mol. The summed E-state index contributed by atoms with van der Waals surface area (Å²) < 4.78 is 7.81. The molecule has 2 aromatic carbocycles. The van der Waals surface area contributed by atoms with Crippen LogP contribution in [0.4, 0.5) is 0 Å². The van der Waals surface area contributed by atoms with Gasteiger partial charge in [-0.15, -0.1) is 0 Å². The molecule has 5 nitrogen and oxygen atoms in total. The number of ether oxygens (including phenoxy) is 1. The predicted octanol–water partition coefficient (Wildman–Crippen LogP) is 6.15. The van der Waals surface area contributed by atoms with E-state index in [4.69, 9.17) is 4.74 Å². The lowest BCUT2D eigenvalue weighted by atomic mass is 9.78. The molecule has 5 heteroatoms. The molecule has 0 unspecified atom stereocenters. The monoisotopic (exact) mass is 479 g/mol. The molecule has 2 fully saturated rings. The zero-order valence-corrected chi connectivity index (χ0v) is 20.7. The minimum atomic E-state index is 0.112. The van der Waals surface area contributed by atoms with Gasteiger partial charge in [0.15, 0.2) is 0 Å². The second-order valence-electron chi connectivity index (χ2n) is 10.2. The zero-order chi connectivity index (χ0) is 24.3. The number of amides is 1. The van der Waals surface area contributed by atoms with E-state index in [0.717, 1.165) is 34.3 Å². The number of rotatable bonds is 5. The molecule has 0 N–H and O–H groups in total. The molecule has 4 aromatic rings. The Hall–Kier alpha value is -3.44. The highest BCUT2D eigenvalue weighted by atomic mass is 16.5. The third kappa shape index (κ3) is 4.68. The molecular formula is C31H33N3O2. The number of fused-ring (bicyclic) bond motifs is 1. The maximum atomic E-state index is 13.5. The number of carbonyl (C=O) groups is 1. The number of nitrogens with zero attached hydrogens (tertiary/aromatic N) is 3. The summed E-state index contributed by atoms with van der Waals surface area (Å²) >= 11 is 0. The van der Waals surface area contributed by atoms with E-state index < -0.39 is 0 Å². The van der Waals surface area contributed by atoms with Crippen molar-refractivity contribution in [1.29, 1.82) is 0 Å². The Labute approximate surface area is 212 Å². The van der Waals surface area contributed by atoms with Gasteiger partial charge in [0, 0.05) is 48.5 Å². The van der Waals surface area contributed by atoms with Crippen LogP contribution in [0.15, 0.2) is 79.1 Å². The molecular weight excluding hydrogens is 446 g/mol. The third-order valence-corrected chi connectivity index (χ3v) is 7.94.